The highest BCUT2D eigenvalue weighted by Crippen LogP contribution is 2.45. The Morgan fingerprint density at radius 1 is 1.09 bits per heavy atom. The second-order valence-corrected chi connectivity index (χ2v) is 9.35. The van der Waals surface area contributed by atoms with Crippen LogP contribution in [-0.2, 0) is 9.59 Å². The second-order valence-electron chi connectivity index (χ2n) is 8.34. The summed E-state index contributed by atoms with van der Waals surface area (Å²) in [6, 6.07) is 15.3. The number of rotatable bonds is 4. The van der Waals surface area contributed by atoms with Crippen LogP contribution in [-0.4, -0.2) is 28.9 Å². The molecule has 1 aliphatic heterocycles. The van der Waals surface area contributed by atoms with Crippen molar-refractivity contribution < 1.29 is 23.8 Å². The zero-order valence-corrected chi connectivity index (χ0v) is 20.0. The number of aliphatic hydroxyl groups excluding tert-OH is 1. The number of methoxy groups -OCH3 is 1. The minimum absolute atomic E-state index is 0.0916. The number of nitrogens with zero attached hydrogens (tertiary/aromatic N) is 2. The van der Waals surface area contributed by atoms with Crippen LogP contribution in [0.3, 0.4) is 0 Å². The molecule has 0 aliphatic carbocycles. The van der Waals surface area contributed by atoms with Crippen molar-refractivity contribution in [2.45, 2.75) is 19.9 Å². The van der Waals surface area contributed by atoms with Crippen LogP contribution in [0.25, 0.3) is 16.0 Å². The van der Waals surface area contributed by atoms with Gasteiger partial charge in [0.1, 0.15) is 23.4 Å². The van der Waals surface area contributed by atoms with Gasteiger partial charge in [0, 0.05) is 11.1 Å². The summed E-state index contributed by atoms with van der Waals surface area (Å²) < 4.78 is 21.2. The molecule has 6 nitrogen and oxygen atoms in total. The van der Waals surface area contributed by atoms with Crippen molar-refractivity contribution in [3.63, 3.8) is 0 Å². The number of ether oxygens (including phenoxy) is 1. The van der Waals surface area contributed by atoms with Gasteiger partial charge in [-0.05, 0) is 61.4 Å². The van der Waals surface area contributed by atoms with E-state index in [1.165, 1.54) is 41.5 Å². The normalized spacial score (nSPS) is 17.4. The lowest BCUT2D eigenvalue weighted by atomic mass is 9.94. The molecule has 0 spiro atoms. The van der Waals surface area contributed by atoms with E-state index in [1.54, 1.807) is 31.2 Å². The van der Waals surface area contributed by atoms with Crippen molar-refractivity contribution in [3.8, 4) is 5.75 Å². The lowest BCUT2D eigenvalue weighted by molar-refractivity contribution is -0.132. The third kappa shape index (κ3) is 3.76. The minimum atomic E-state index is -1.18. The number of aryl methyl sites for hydroxylation is 2. The number of anilines is 1. The van der Waals surface area contributed by atoms with Gasteiger partial charge in [-0.25, -0.2) is 9.37 Å². The highest BCUT2D eigenvalue weighted by atomic mass is 32.1. The third-order valence-electron chi connectivity index (χ3n) is 6.05. The Hall–Kier alpha value is -4.04. The van der Waals surface area contributed by atoms with E-state index in [9.17, 15) is 14.7 Å². The number of fused-ring (bicyclic) bond motifs is 1. The largest absolute Gasteiger partial charge is 0.507 e. The second kappa shape index (κ2) is 8.63. The van der Waals surface area contributed by atoms with Crippen molar-refractivity contribution in [1.82, 2.24) is 4.98 Å². The van der Waals surface area contributed by atoms with Gasteiger partial charge in [0.15, 0.2) is 5.13 Å². The van der Waals surface area contributed by atoms with Gasteiger partial charge >= 0.3 is 5.91 Å². The number of aliphatic hydroxyl groups is 1. The Kier molecular flexibility index (Phi) is 5.61. The molecule has 4 aromatic rings. The highest BCUT2D eigenvalue weighted by molar-refractivity contribution is 7.22. The molecule has 0 radical (unpaired) electrons. The van der Waals surface area contributed by atoms with Crippen LogP contribution in [0.5, 0.6) is 5.75 Å². The number of hydrogen-bond acceptors (Lipinski definition) is 6. The van der Waals surface area contributed by atoms with Crippen molar-refractivity contribution in [2.24, 2.45) is 0 Å². The topological polar surface area (TPSA) is 79.7 Å². The van der Waals surface area contributed by atoms with Crippen LogP contribution < -0.4 is 9.64 Å². The smallest absolute Gasteiger partial charge is 0.301 e. The maximum Gasteiger partial charge on any atom is 0.301 e. The predicted molar refractivity (Wildman–Crippen MR) is 133 cm³/mol. The molecular formula is C27H21FN2O4S. The quantitative estimate of drug-likeness (QED) is 0.227. The number of ketones is 1. The maximum absolute atomic E-state index is 15.1. The van der Waals surface area contributed by atoms with Crippen molar-refractivity contribution in [1.29, 1.82) is 0 Å². The molecule has 1 saturated heterocycles. The fourth-order valence-corrected chi connectivity index (χ4v) is 5.42. The van der Waals surface area contributed by atoms with Crippen molar-refractivity contribution in [2.75, 3.05) is 12.0 Å². The first-order valence-electron chi connectivity index (χ1n) is 10.9. The summed E-state index contributed by atoms with van der Waals surface area (Å²) in [6.07, 6.45) is 0. The molecule has 0 unspecified atom stereocenters. The van der Waals surface area contributed by atoms with Crippen LogP contribution >= 0.6 is 11.3 Å². The molecule has 3 aromatic carbocycles. The van der Waals surface area contributed by atoms with Crippen molar-refractivity contribution >= 4 is 44.1 Å². The average molecular weight is 489 g/mol. The summed E-state index contributed by atoms with van der Waals surface area (Å²) in [7, 11) is 1.53. The lowest BCUT2D eigenvalue weighted by Crippen LogP contribution is -2.29. The molecule has 176 valence electrons. The summed E-state index contributed by atoms with van der Waals surface area (Å²) in [5.74, 6) is -2.15. The van der Waals surface area contributed by atoms with Gasteiger partial charge in [0.2, 0.25) is 0 Å². The zero-order valence-electron chi connectivity index (χ0n) is 19.2. The van der Waals surface area contributed by atoms with Gasteiger partial charge in [0.05, 0.1) is 22.9 Å². The number of carbonyl (C=O) groups is 2. The van der Waals surface area contributed by atoms with E-state index in [-0.39, 0.29) is 22.0 Å². The number of amides is 1. The molecule has 0 saturated carbocycles. The first-order valence-corrected chi connectivity index (χ1v) is 11.7. The summed E-state index contributed by atoms with van der Waals surface area (Å²) in [4.78, 5) is 32.4. The number of aromatic nitrogens is 1. The van der Waals surface area contributed by atoms with E-state index >= 15 is 4.39 Å². The SMILES string of the molecule is COc1ccc(/C(O)=C2\C(=O)C(=O)N(c3nc4ccc(C)cc4s3)[C@H]2c2ccccc2F)cc1C. The maximum atomic E-state index is 15.1. The molecule has 1 aromatic heterocycles. The minimum Gasteiger partial charge on any atom is -0.507 e. The van der Waals surface area contributed by atoms with Gasteiger partial charge in [-0.2, -0.15) is 0 Å². The molecule has 8 heteroatoms. The molecule has 0 bridgehead atoms. The summed E-state index contributed by atoms with van der Waals surface area (Å²) >= 11 is 1.23. The molecule has 5 rings (SSSR count). The van der Waals surface area contributed by atoms with E-state index < -0.39 is 23.5 Å². The Morgan fingerprint density at radius 3 is 2.57 bits per heavy atom. The van der Waals surface area contributed by atoms with E-state index in [0.29, 0.717) is 16.8 Å². The zero-order chi connectivity index (χ0) is 24.9. The lowest BCUT2D eigenvalue weighted by Gasteiger charge is -2.23. The first kappa shape index (κ1) is 22.7. The van der Waals surface area contributed by atoms with Gasteiger partial charge in [0.25, 0.3) is 5.78 Å². The predicted octanol–water partition coefficient (Wildman–Crippen LogP) is 5.69. The molecule has 1 aliphatic rings. The number of benzene rings is 3. The van der Waals surface area contributed by atoms with E-state index in [4.69, 9.17) is 4.74 Å². The van der Waals surface area contributed by atoms with Gasteiger partial charge in [-0.15, -0.1) is 0 Å². The summed E-state index contributed by atoms with van der Waals surface area (Å²) in [5.41, 5.74) is 2.64. The van der Waals surface area contributed by atoms with Gasteiger partial charge in [-0.3, -0.25) is 14.5 Å². The Bertz CT molecular complexity index is 1540. The number of thiazole rings is 1. The van der Waals surface area contributed by atoms with E-state index in [2.05, 4.69) is 4.98 Å². The third-order valence-corrected chi connectivity index (χ3v) is 7.07. The van der Waals surface area contributed by atoms with Crippen LogP contribution in [0, 0.1) is 19.7 Å². The van der Waals surface area contributed by atoms with Gasteiger partial charge < -0.3 is 9.84 Å². The number of halogens is 1. The van der Waals surface area contributed by atoms with Crippen LogP contribution in [0.1, 0.15) is 28.3 Å². The molecule has 2 heterocycles. The van der Waals surface area contributed by atoms with Crippen LogP contribution in [0.4, 0.5) is 9.52 Å². The Morgan fingerprint density at radius 2 is 1.86 bits per heavy atom. The standard InChI is InChI=1S/C27H21FN2O4S/c1-14-8-10-19-21(12-14)35-27(29-19)30-23(17-6-4-5-7-18(17)28)22(25(32)26(30)33)24(31)16-9-11-20(34-3)15(2)13-16/h4-13,23,31H,1-3H3/b24-22+/t23-/m0/s1. The molecule has 1 amide bonds. The Labute approximate surface area is 204 Å². The molecule has 1 atom stereocenters. The number of Topliss-reactive ketones (excluding diaryl/α,β-unsaturated/α-hetero) is 1. The monoisotopic (exact) mass is 488 g/mol. The average Bonchev–Trinajstić information content (AvgIpc) is 3.36. The molecule has 35 heavy (non-hydrogen) atoms. The summed E-state index contributed by atoms with van der Waals surface area (Å²) in [6.45, 7) is 3.74. The van der Waals surface area contributed by atoms with E-state index in [1.807, 2.05) is 25.1 Å². The fourth-order valence-electron chi connectivity index (χ4n) is 4.32. The number of hydrogen-bond donors (Lipinski definition) is 1. The van der Waals surface area contributed by atoms with Crippen LogP contribution in [0.2, 0.25) is 0 Å². The highest BCUT2D eigenvalue weighted by Gasteiger charge is 2.49. The van der Waals surface area contributed by atoms with Crippen molar-refractivity contribution in [3.05, 3.63) is 94.3 Å². The number of carbonyl (C=O) groups excluding carboxylic acids is 2. The molecular weight excluding hydrogens is 467 g/mol. The molecule has 1 N–H and O–H groups in total. The van der Waals surface area contributed by atoms with E-state index in [0.717, 1.165) is 15.8 Å². The first-order chi connectivity index (χ1) is 16.8. The molecule has 1 fully saturated rings. The fraction of sp³-hybridized carbons (Fsp3) is 0.148. The Balaban J connectivity index is 1.74. The van der Waals surface area contributed by atoms with Gasteiger partial charge in [-0.1, -0.05) is 35.6 Å². The van der Waals surface area contributed by atoms with Crippen LogP contribution in [0.15, 0.2) is 66.2 Å². The summed E-state index contributed by atoms with van der Waals surface area (Å²) in [5, 5.41) is 11.5.